The topological polar surface area (TPSA) is 345 Å². The van der Waals surface area contributed by atoms with Crippen LogP contribution in [0.5, 0.6) is 0 Å². The van der Waals surface area contributed by atoms with Gasteiger partial charge >= 0.3 is 45.6 Å². The fraction of sp³-hybridized carbons (Fsp3) is 0. The van der Waals surface area contributed by atoms with E-state index >= 15 is 0 Å². The highest BCUT2D eigenvalue weighted by molar-refractivity contribution is 7.61. The molecule has 0 aliphatic heterocycles. The maximum Gasteiger partial charge on any atom is 0.356 e. The number of hydrogen-bond donors (Lipinski definition) is 12. The summed E-state index contributed by atoms with van der Waals surface area (Å²) in [6.07, 6.45) is 0. The third kappa shape index (κ3) is 10.4. The van der Waals surface area contributed by atoms with Crippen LogP contribution in [0.25, 0.3) is 66.8 Å². The largest absolute Gasteiger partial charge is 0.356 e. The lowest BCUT2D eigenvalue weighted by Crippen LogP contribution is -2.08. The Labute approximate surface area is 374 Å². The van der Waals surface area contributed by atoms with E-state index in [2.05, 4.69) is 0 Å². The summed E-state index contributed by atoms with van der Waals surface area (Å²) < 4.78 is 74.7. The molecule has 0 saturated carbocycles. The zero-order valence-electron chi connectivity index (χ0n) is 33.4. The van der Waals surface area contributed by atoms with Crippen molar-refractivity contribution in [2.75, 3.05) is 0 Å². The van der Waals surface area contributed by atoms with Crippen LogP contribution < -0.4 is 31.8 Å². The van der Waals surface area contributed by atoms with Gasteiger partial charge in [-0.15, -0.1) is 0 Å². The van der Waals surface area contributed by atoms with Gasteiger partial charge in [-0.2, -0.15) is 0 Å². The van der Waals surface area contributed by atoms with Crippen LogP contribution in [0.1, 0.15) is 0 Å². The first-order chi connectivity index (χ1) is 30.5. The second kappa shape index (κ2) is 17.8. The Bertz CT molecular complexity index is 2690. The van der Waals surface area contributed by atoms with Crippen molar-refractivity contribution in [2.45, 2.75) is 0 Å². The summed E-state index contributed by atoms with van der Waals surface area (Å²) in [5.74, 6) is 0. The molecule has 0 bridgehead atoms. The van der Waals surface area contributed by atoms with Gasteiger partial charge < -0.3 is 58.7 Å². The molecule has 0 amide bonds. The number of hydrogen-bond acceptors (Lipinski definition) is 6. The molecular weight excluding hydrogens is 978 g/mol. The lowest BCUT2D eigenvalue weighted by atomic mass is 9.74. The van der Waals surface area contributed by atoms with E-state index in [1.807, 2.05) is 0 Å². The molecular formula is C42H36O18P6. The zero-order valence-corrected chi connectivity index (χ0v) is 38.7. The van der Waals surface area contributed by atoms with E-state index in [4.69, 9.17) is 0 Å². The van der Waals surface area contributed by atoms with Crippen molar-refractivity contribution in [3.05, 3.63) is 146 Å². The van der Waals surface area contributed by atoms with Crippen LogP contribution in [0.4, 0.5) is 0 Å². The molecule has 0 unspecified atom stereocenters. The minimum Gasteiger partial charge on any atom is -0.321 e. The summed E-state index contributed by atoms with van der Waals surface area (Å²) in [5.41, 5.74) is 2.33. The van der Waals surface area contributed by atoms with Gasteiger partial charge in [-0.25, -0.2) is 0 Å². The highest BCUT2D eigenvalue weighted by atomic mass is 31.2. The molecule has 12 N–H and O–H groups in total. The van der Waals surface area contributed by atoms with Crippen LogP contribution in [-0.2, 0) is 27.4 Å². The molecule has 0 heterocycles. The minimum absolute atomic E-state index is 0.179. The van der Waals surface area contributed by atoms with E-state index in [9.17, 15) is 86.1 Å². The van der Waals surface area contributed by atoms with Gasteiger partial charge in [0.05, 0.1) is 31.8 Å². The molecule has 0 saturated heterocycles. The van der Waals surface area contributed by atoms with E-state index < -0.39 is 77.4 Å². The van der Waals surface area contributed by atoms with Crippen molar-refractivity contribution >= 4 is 77.4 Å². The van der Waals surface area contributed by atoms with E-state index in [1.54, 1.807) is 0 Å². The van der Waals surface area contributed by atoms with Crippen molar-refractivity contribution in [3.63, 3.8) is 0 Å². The fourth-order valence-electron chi connectivity index (χ4n) is 7.42. The molecule has 0 aliphatic rings. The van der Waals surface area contributed by atoms with Gasteiger partial charge in [0.1, 0.15) is 0 Å². The summed E-state index contributed by atoms with van der Waals surface area (Å²) in [5, 5.41) is -2.36. The average molecular weight is 1010 g/mol. The van der Waals surface area contributed by atoms with Crippen LogP contribution in [-0.4, -0.2) is 58.7 Å². The molecule has 0 aromatic heterocycles. The monoisotopic (exact) mass is 1010 g/mol. The first-order valence-corrected chi connectivity index (χ1v) is 28.4. The van der Waals surface area contributed by atoms with Gasteiger partial charge in [0.2, 0.25) is 0 Å². The molecule has 24 heteroatoms. The molecule has 18 nitrogen and oxygen atoms in total. The van der Waals surface area contributed by atoms with Crippen molar-refractivity contribution in [3.8, 4) is 66.8 Å². The molecule has 0 aliphatic carbocycles. The Kier molecular flexibility index (Phi) is 13.3. The molecule has 0 atom stereocenters. The van der Waals surface area contributed by atoms with E-state index in [0.29, 0.717) is 0 Å². The first-order valence-electron chi connectivity index (χ1n) is 18.8. The third-order valence-corrected chi connectivity index (χ3v) is 16.3. The maximum atomic E-state index is 12.5. The van der Waals surface area contributed by atoms with Gasteiger partial charge in [0.25, 0.3) is 0 Å². The third-order valence-electron chi connectivity index (χ3n) is 10.5. The minimum atomic E-state index is -4.86. The van der Waals surface area contributed by atoms with Crippen molar-refractivity contribution in [1.82, 2.24) is 0 Å². The summed E-state index contributed by atoms with van der Waals surface area (Å²) in [6, 6.07) is 30.1. The fourth-order valence-corrected chi connectivity index (χ4v) is 10.6. The summed E-state index contributed by atoms with van der Waals surface area (Å²) in [7, 11) is -29.2. The average Bonchev–Trinajstić information content (AvgIpc) is 3.24. The van der Waals surface area contributed by atoms with E-state index in [0.717, 1.165) is 72.8 Å². The lowest BCUT2D eigenvalue weighted by Gasteiger charge is -2.29. The van der Waals surface area contributed by atoms with Gasteiger partial charge in [0, 0.05) is 0 Å². The Balaban J connectivity index is 1.82. The zero-order chi connectivity index (χ0) is 48.4. The van der Waals surface area contributed by atoms with Gasteiger partial charge in [-0.05, 0) is 140 Å². The second-order valence-corrected chi connectivity index (χ2v) is 24.4. The number of benzene rings is 7. The molecule has 7 aromatic rings. The smallest absolute Gasteiger partial charge is 0.321 e. The van der Waals surface area contributed by atoms with Crippen LogP contribution >= 0.6 is 45.6 Å². The van der Waals surface area contributed by atoms with Gasteiger partial charge in [-0.1, -0.05) is 72.8 Å². The van der Waals surface area contributed by atoms with Crippen LogP contribution in [0.2, 0.25) is 0 Å². The maximum absolute atomic E-state index is 12.5. The van der Waals surface area contributed by atoms with Crippen LogP contribution in [0.15, 0.2) is 146 Å². The molecule has 7 aromatic carbocycles. The van der Waals surface area contributed by atoms with E-state index in [1.165, 1.54) is 72.8 Å². The Morgan fingerprint density at radius 3 is 0.348 bits per heavy atom. The van der Waals surface area contributed by atoms with Gasteiger partial charge in [-0.3, -0.25) is 27.4 Å². The lowest BCUT2D eigenvalue weighted by molar-refractivity contribution is 0.385. The Morgan fingerprint density at radius 2 is 0.273 bits per heavy atom. The molecule has 0 fully saturated rings. The predicted octanol–water partition coefficient (Wildman–Crippen LogP) is 4.51. The van der Waals surface area contributed by atoms with Crippen molar-refractivity contribution < 1.29 is 86.1 Å². The summed E-state index contributed by atoms with van der Waals surface area (Å²) >= 11 is 0. The Hall–Kier alpha value is -4.56. The van der Waals surface area contributed by atoms with E-state index in [-0.39, 0.29) is 66.8 Å². The number of rotatable bonds is 12. The first kappa shape index (κ1) is 49.3. The van der Waals surface area contributed by atoms with Crippen LogP contribution in [0.3, 0.4) is 0 Å². The normalized spacial score (nSPS) is 12.9. The molecule has 66 heavy (non-hydrogen) atoms. The molecule has 0 radical (unpaired) electrons. The van der Waals surface area contributed by atoms with Crippen molar-refractivity contribution in [2.24, 2.45) is 0 Å². The highest BCUT2D eigenvalue weighted by Crippen LogP contribution is 2.56. The molecule has 7 rings (SSSR count). The molecule has 342 valence electrons. The summed E-state index contributed by atoms with van der Waals surface area (Å²) in [6.45, 7) is 0. The second-order valence-electron chi connectivity index (χ2n) is 14.8. The SMILES string of the molecule is O=P(O)(O)c1ccc(-c2c(-c3ccc(P(=O)(O)O)cc3)c(-c3ccc(P(=O)(O)O)cc3)c(-c3ccc(P(=O)(O)O)cc3)c(-c3ccc(P(=O)(O)O)cc3)c2-c2ccc(P(=O)(O)O)cc2)cc1. The Morgan fingerprint density at radius 1 is 0.182 bits per heavy atom. The van der Waals surface area contributed by atoms with Gasteiger partial charge in [0.15, 0.2) is 0 Å². The van der Waals surface area contributed by atoms with Crippen molar-refractivity contribution in [1.29, 1.82) is 0 Å². The predicted molar refractivity (Wildman–Crippen MR) is 249 cm³/mol. The quantitative estimate of drug-likeness (QED) is 0.0749. The summed E-state index contributed by atoms with van der Waals surface area (Å²) in [4.78, 5) is 121. The highest BCUT2D eigenvalue weighted by Gasteiger charge is 2.32. The molecule has 0 spiro atoms. The standard InChI is InChI=1S/C42H36O18P6/c43-61(44,45)31-13-1-25(2-14-31)37-38(26-3-15-32(16-4-26)62(46,47)48)40(28-7-19-34(20-8-28)64(52,53)54)42(30-11-23-36(24-12-30)66(58,59)60)41(29-9-21-35(22-10-29)65(55,56)57)39(37)27-5-17-33(18-6-27)63(49,50)51/h1-24H,(H2,43,44,45)(H2,46,47,48)(H2,49,50,51)(H2,52,53,54)(H2,55,56,57)(H2,58,59,60). The van der Waals surface area contributed by atoms with Crippen LogP contribution in [0, 0.1) is 0 Å².